The lowest BCUT2D eigenvalue weighted by Gasteiger charge is -2.27. The van der Waals surface area contributed by atoms with Gasteiger partial charge in [-0.25, -0.2) is 9.97 Å². The van der Waals surface area contributed by atoms with Gasteiger partial charge in [0.1, 0.15) is 31.2 Å². The van der Waals surface area contributed by atoms with Gasteiger partial charge in [-0.3, -0.25) is 0 Å². The Morgan fingerprint density at radius 1 is 0.913 bits per heavy atom. The third-order valence-electron chi connectivity index (χ3n) is 3.80. The van der Waals surface area contributed by atoms with E-state index in [0.29, 0.717) is 13.2 Å². The topological polar surface area (TPSA) is 68.7 Å². The first-order valence-electron chi connectivity index (χ1n) is 7.70. The van der Waals surface area contributed by atoms with Gasteiger partial charge in [0.2, 0.25) is 0 Å². The normalized spacial score (nSPS) is 17.0. The molecule has 1 aromatic carbocycles. The maximum atomic E-state index is 5.60. The molecule has 0 saturated carbocycles. The lowest BCUT2D eigenvalue weighted by Crippen LogP contribution is -2.36. The van der Waals surface area contributed by atoms with Crippen molar-refractivity contribution in [2.24, 2.45) is 0 Å². The molecule has 2 aromatic rings. The lowest BCUT2D eigenvalue weighted by molar-refractivity contribution is 0.122. The molecule has 0 atom stereocenters. The molecule has 4 rings (SSSR count). The van der Waals surface area contributed by atoms with Crippen LogP contribution in [-0.2, 0) is 4.74 Å². The maximum absolute atomic E-state index is 5.60. The summed E-state index contributed by atoms with van der Waals surface area (Å²) in [5.74, 6) is 3.18. The number of nitrogens with zero attached hydrogens (tertiary/aromatic N) is 3. The zero-order valence-corrected chi connectivity index (χ0v) is 12.7. The van der Waals surface area contributed by atoms with Crippen molar-refractivity contribution in [1.82, 2.24) is 9.97 Å². The van der Waals surface area contributed by atoms with E-state index < -0.39 is 0 Å². The van der Waals surface area contributed by atoms with Crippen molar-refractivity contribution in [3.05, 3.63) is 30.6 Å². The van der Waals surface area contributed by atoms with Gasteiger partial charge in [0.05, 0.1) is 13.2 Å². The second-order valence-corrected chi connectivity index (χ2v) is 5.34. The molecule has 1 fully saturated rings. The molecular formula is C16H18N4O3. The molecule has 7 nitrogen and oxygen atoms in total. The highest BCUT2D eigenvalue weighted by atomic mass is 16.6. The molecule has 0 spiro atoms. The number of morpholine rings is 1. The molecule has 0 unspecified atom stereocenters. The standard InChI is InChI=1S/C16H18N4O3/c1-2-13-14(23-8-7-22-13)9-12(1)19-15-10-16(18-11-17-15)20-3-5-21-6-4-20/h1-2,9-11H,3-8H2,(H,17,18,19). The number of nitrogens with one attached hydrogen (secondary N) is 1. The van der Waals surface area contributed by atoms with Crippen LogP contribution in [0.3, 0.4) is 0 Å². The molecule has 1 saturated heterocycles. The Hall–Kier alpha value is -2.54. The third-order valence-corrected chi connectivity index (χ3v) is 3.80. The minimum Gasteiger partial charge on any atom is -0.486 e. The third kappa shape index (κ3) is 3.14. The van der Waals surface area contributed by atoms with Crippen LogP contribution in [-0.4, -0.2) is 49.5 Å². The van der Waals surface area contributed by atoms with Crippen LogP contribution in [0.2, 0.25) is 0 Å². The number of anilines is 3. The molecule has 0 bridgehead atoms. The molecule has 0 aliphatic carbocycles. The summed E-state index contributed by atoms with van der Waals surface area (Å²) >= 11 is 0. The summed E-state index contributed by atoms with van der Waals surface area (Å²) in [5, 5.41) is 3.29. The Balaban J connectivity index is 1.52. The first-order chi connectivity index (χ1) is 11.4. The van der Waals surface area contributed by atoms with Crippen molar-refractivity contribution in [2.45, 2.75) is 0 Å². The molecule has 1 aromatic heterocycles. The molecule has 23 heavy (non-hydrogen) atoms. The smallest absolute Gasteiger partial charge is 0.163 e. The minimum absolute atomic E-state index is 0.575. The molecule has 0 amide bonds. The minimum atomic E-state index is 0.575. The maximum Gasteiger partial charge on any atom is 0.163 e. The number of hydrogen-bond donors (Lipinski definition) is 1. The van der Waals surface area contributed by atoms with Crippen molar-refractivity contribution < 1.29 is 14.2 Å². The van der Waals surface area contributed by atoms with E-state index in [1.165, 1.54) is 0 Å². The highest BCUT2D eigenvalue weighted by Gasteiger charge is 2.14. The number of fused-ring (bicyclic) bond motifs is 1. The summed E-state index contributed by atoms with van der Waals surface area (Å²) in [7, 11) is 0. The zero-order chi connectivity index (χ0) is 15.5. The van der Waals surface area contributed by atoms with Gasteiger partial charge in [0, 0.05) is 30.9 Å². The van der Waals surface area contributed by atoms with E-state index in [1.54, 1.807) is 6.33 Å². The van der Waals surface area contributed by atoms with Crippen molar-refractivity contribution in [3.63, 3.8) is 0 Å². The Bertz CT molecular complexity index is 689. The average Bonchev–Trinajstić information content (AvgIpc) is 2.63. The van der Waals surface area contributed by atoms with Gasteiger partial charge in [-0.15, -0.1) is 0 Å². The van der Waals surface area contributed by atoms with Crippen LogP contribution in [0.15, 0.2) is 30.6 Å². The summed E-state index contributed by atoms with van der Waals surface area (Å²) in [5.41, 5.74) is 0.904. The predicted molar refractivity (Wildman–Crippen MR) is 85.8 cm³/mol. The van der Waals surface area contributed by atoms with E-state index in [-0.39, 0.29) is 0 Å². The van der Waals surface area contributed by atoms with Crippen molar-refractivity contribution >= 4 is 17.3 Å². The van der Waals surface area contributed by atoms with Crippen LogP contribution < -0.4 is 19.7 Å². The Kier molecular flexibility index (Phi) is 3.85. The second-order valence-electron chi connectivity index (χ2n) is 5.34. The Morgan fingerprint density at radius 3 is 2.61 bits per heavy atom. The molecule has 1 N–H and O–H groups in total. The first kappa shape index (κ1) is 14.1. The van der Waals surface area contributed by atoms with E-state index in [0.717, 1.165) is 55.1 Å². The summed E-state index contributed by atoms with van der Waals surface area (Å²) in [6, 6.07) is 7.72. The first-order valence-corrected chi connectivity index (χ1v) is 7.70. The van der Waals surface area contributed by atoms with Crippen LogP contribution in [0.25, 0.3) is 0 Å². The van der Waals surface area contributed by atoms with E-state index in [1.807, 2.05) is 24.3 Å². The van der Waals surface area contributed by atoms with Gasteiger partial charge < -0.3 is 24.4 Å². The van der Waals surface area contributed by atoms with Crippen LogP contribution in [0.1, 0.15) is 0 Å². The van der Waals surface area contributed by atoms with Crippen LogP contribution in [0.4, 0.5) is 17.3 Å². The SMILES string of the molecule is c1nc(Nc2ccc3c(c2)OCCO3)cc(N2CCOCC2)n1. The number of rotatable bonds is 3. The fraction of sp³-hybridized carbons (Fsp3) is 0.375. The van der Waals surface area contributed by atoms with E-state index >= 15 is 0 Å². The van der Waals surface area contributed by atoms with Gasteiger partial charge in [0.25, 0.3) is 0 Å². The fourth-order valence-corrected chi connectivity index (χ4v) is 2.65. The summed E-state index contributed by atoms with van der Waals surface area (Å²) < 4.78 is 16.5. The molecule has 0 radical (unpaired) electrons. The summed E-state index contributed by atoms with van der Waals surface area (Å²) in [6.45, 7) is 4.32. The highest BCUT2D eigenvalue weighted by Crippen LogP contribution is 2.33. The second kappa shape index (κ2) is 6.29. The molecule has 7 heteroatoms. The zero-order valence-electron chi connectivity index (χ0n) is 12.7. The Morgan fingerprint density at radius 2 is 1.74 bits per heavy atom. The van der Waals surface area contributed by atoms with Crippen molar-refractivity contribution in [1.29, 1.82) is 0 Å². The van der Waals surface area contributed by atoms with Gasteiger partial charge in [-0.1, -0.05) is 0 Å². The number of hydrogen-bond acceptors (Lipinski definition) is 7. The van der Waals surface area contributed by atoms with Crippen molar-refractivity contribution in [2.75, 3.05) is 49.7 Å². The van der Waals surface area contributed by atoms with E-state index in [2.05, 4.69) is 20.2 Å². The van der Waals surface area contributed by atoms with Crippen LogP contribution >= 0.6 is 0 Å². The summed E-state index contributed by atoms with van der Waals surface area (Å²) in [4.78, 5) is 10.8. The molecule has 3 heterocycles. The number of benzene rings is 1. The number of aromatic nitrogens is 2. The molecular weight excluding hydrogens is 296 g/mol. The fourth-order valence-electron chi connectivity index (χ4n) is 2.65. The molecule has 120 valence electrons. The van der Waals surface area contributed by atoms with Gasteiger partial charge >= 0.3 is 0 Å². The van der Waals surface area contributed by atoms with E-state index in [9.17, 15) is 0 Å². The van der Waals surface area contributed by atoms with Crippen molar-refractivity contribution in [3.8, 4) is 11.5 Å². The molecule has 2 aliphatic heterocycles. The monoisotopic (exact) mass is 314 g/mol. The highest BCUT2D eigenvalue weighted by molar-refractivity contribution is 5.63. The summed E-state index contributed by atoms with van der Waals surface area (Å²) in [6.07, 6.45) is 1.57. The quantitative estimate of drug-likeness (QED) is 0.927. The molecule has 2 aliphatic rings. The lowest BCUT2D eigenvalue weighted by atomic mass is 10.2. The van der Waals surface area contributed by atoms with Gasteiger partial charge in [-0.2, -0.15) is 0 Å². The van der Waals surface area contributed by atoms with E-state index in [4.69, 9.17) is 14.2 Å². The number of ether oxygens (including phenoxy) is 3. The van der Waals surface area contributed by atoms with Gasteiger partial charge in [-0.05, 0) is 12.1 Å². The Labute approximate surface area is 134 Å². The largest absolute Gasteiger partial charge is 0.486 e. The van der Waals surface area contributed by atoms with Gasteiger partial charge in [0.15, 0.2) is 11.5 Å². The average molecular weight is 314 g/mol. The van der Waals surface area contributed by atoms with Crippen LogP contribution in [0, 0.1) is 0 Å². The van der Waals surface area contributed by atoms with Crippen LogP contribution in [0.5, 0.6) is 11.5 Å². The predicted octanol–water partition coefficient (Wildman–Crippen LogP) is 1.83.